The highest BCUT2D eigenvalue weighted by Gasteiger charge is 2.07. The van der Waals surface area contributed by atoms with E-state index in [9.17, 15) is 4.79 Å². The SMILES string of the molecule is COC(=O)c1ccc(CCC#N)c(N)c1. The largest absolute Gasteiger partial charge is 0.465 e. The number of nitriles is 1. The minimum absolute atomic E-state index is 0.409. The molecule has 0 fully saturated rings. The van der Waals surface area contributed by atoms with Gasteiger partial charge in [0, 0.05) is 12.1 Å². The molecule has 0 aliphatic heterocycles. The molecule has 0 heterocycles. The predicted molar refractivity (Wildman–Crippen MR) is 56.1 cm³/mol. The number of methoxy groups -OCH3 is 1. The van der Waals surface area contributed by atoms with Gasteiger partial charge in [-0.15, -0.1) is 0 Å². The second kappa shape index (κ2) is 5.01. The number of carbonyl (C=O) groups excluding carboxylic acids is 1. The van der Waals surface area contributed by atoms with Crippen LogP contribution in [0.2, 0.25) is 0 Å². The Morgan fingerprint density at radius 3 is 2.87 bits per heavy atom. The number of esters is 1. The summed E-state index contributed by atoms with van der Waals surface area (Å²) in [4.78, 5) is 11.2. The Morgan fingerprint density at radius 1 is 1.60 bits per heavy atom. The summed E-state index contributed by atoms with van der Waals surface area (Å²) in [7, 11) is 1.32. The van der Waals surface area contributed by atoms with Crippen LogP contribution in [0.25, 0.3) is 0 Å². The lowest BCUT2D eigenvalue weighted by atomic mass is 10.1. The first kappa shape index (κ1) is 11.1. The van der Waals surface area contributed by atoms with Gasteiger partial charge in [-0.3, -0.25) is 0 Å². The molecule has 0 radical (unpaired) electrons. The lowest BCUT2D eigenvalue weighted by Crippen LogP contribution is -2.03. The zero-order valence-electron chi connectivity index (χ0n) is 8.49. The van der Waals surface area contributed by atoms with Crippen LogP contribution >= 0.6 is 0 Å². The van der Waals surface area contributed by atoms with Gasteiger partial charge in [-0.25, -0.2) is 4.79 Å². The van der Waals surface area contributed by atoms with Gasteiger partial charge in [-0.1, -0.05) is 6.07 Å². The summed E-state index contributed by atoms with van der Waals surface area (Å²) >= 11 is 0. The lowest BCUT2D eigenvalue weighted by molar-refractivity contribution is 0.0601. The summed E-state index contributed by atoms with van der Waals surface area (Å²) in [6.45, 7) is 0. The van der Waals surface area contributed by atoms with Crippen molar-refractivity contribution >= 4 is 11.7 Å². The highest BCUT2D eigenvalue weighted by atomic mass is 16.5. The Balaban J connectivity index is 2.89. The fourth-order valence-electron chi connectivity index (χ4n) is 1.26. The number of nitrogens with two attached hydrogens (primary N) is 1. The molecule has 0 aliphatic carbocycles. The maximum atomic E-state index is 11.2. The summed E-state index contributed by atoms with van der Waals surface area (Å²) < 4.78 is 4.57. The molecule has 0 spiro atoms. The van der Waals surface area contributed by atoms with E-state index >= 15 is 0 Å². The van der Waals surface area contributed by atoms with Gasteiger partial charge >= 0.3 is 5.97 Å². The number of nitrogens with zero attached hydrogens (tertiary/aromatic N) is 1. The molecular formula is C11H12N2O2. The Labute approximate surface area is 88.3 Å². The fraction of sp³-hybridized carbons (Fsp3) is 0.273. The van der Waals surface area contributed by atoms with Gasteiger partial charge in [0.25, 0.3) is 0 Å². The molecule has 1 rings (SSSR count). The van der Waals surface area contributed by atoms with E-state index in [1.807, 2.05) is 6.07 Å². The van der Waals surface area contributed by atoms with Crippen molar-refractivity contribution < 1.29 is 9.53 Å². The third-order valence-corrected chi connectivity index (χ3v) is 2.07. The molecule has 0 aliphatic rings. The summed E-state index contributed by atoms with van der Waals surface area (Å²) in [5.74, 6) is -0.409. The molecule has 4 nitrogen and oxygen atoms in total. The van der Waals surface area contributed by atoms with E-state index < -0.39 is 5.97 Å². The molecule has 0 atom stereocenters. The van der Waals surface area contributed by atoms with Crippen LogP contribution < -0.4 is 5.73 Å². The van der Waals surface area contributed by atoms with E-state index in [0.29, 0.717) is 24.1 Å². The van der Waals surface area contributed by atoms with Crippen LogP contribution in [0.5, 0.6) is 0 Å². The third-order valence-electron chi connectivity index (χ3n) is 2.07. The monoisotopic (exact) mass is 204 g/mol. The predicted octanol–water partition coefficient (Wildman–Crippen LogP) is 1.51. The molecule has 0 unspecified atom stereocenters. The summed E-state index contributed by atoms with van der Waals surface area (Å²) in [5.41, 5.74) is 7.56. The summed E-state index contributed by atoms with van der Waals surface area (Å²) in [5, 5.41) is 8.43. The number of carbonyl (C=O) groups is 1. The molecule has 15 heavy (non-hydrogen) atoms. The van der Waals surface area contributed by atoms with Crippen molar-refractivity contribution in [3.63, 3.8) is 0 Å². The van der Waals surface area contributed by atoms with Crippen LogP contribution in [-0.2, 0) is 11.2 Å². The second-order valence-corrected chi connectivity index (χ2v) is 3.06. The maximum absolute atomic E-state index is 11.2. The number of aryl methyl sites for hydroxylation is 1. The van der Waals surface area contributed by atoms with Crippen LogP contribution in [0.4, 0.5) is 5.69 Å². The second-order valence-electron chi connectivity index (χ2n) is 3.06. The van der Waals surface area contributed by atoms with E-state index in [4.69, 9.17) is 11.0 Å². The first-order chi connectivity index (χ1) is 7.19. The van der Waals surface area contributed by atoms with Gasteiger partial charge < -0.3 is 10.5 Å². The van der Waals surface area contributed by atoms with Crippen molar-refractivity contribution in [2.75, 3.05) is 12.8 Å². The van der Waals surface area contributed by atoms with Crippen molar-refractivity contribution in [1.82, 2.24) is 0 Å². The maximum Gasteiger partial charge on any atom is 0.337 e. The van der Waals surface area contributed by atoms with Gasteiger partial charge in [0.1, 0.15) is 0 Å². The lowest BCUT2D eigenvalue weighted by Gasteiger charge is -2.05. The summed E-state index contributed by atoms with van der Waals surface area (Å²) in [6, 6.07) is 7.01. The molecule has 0 saturated carbocycles. The molecule has 4 heteroatoms. The van der Waals surface area contributed by atoms with Gasteiger partial charge in [-0.2, -0.15) is 5.26 Å². The van der Waals surface area contributed by atoms with Crippen LogP contribution in [0.1, 0.15) is 22.3 Å². The molecule has 2 N–H and O–H groups in total. The third kappa shape index (κ3) is 2.71. The van der Waals surface area contributed by atoms with Gasteiger partial charge in [-0.05, 0) is 24.1 Å². The minimum Gasteiger partial charge on any atom is -0.465 e. The van der Waals surface area contributed by atoms with Crippen molar-refractivity contribution in [3.05, 3.63) is 29.3 Å². The number of hydrogen-bond donors (Lipinski definition) is 1. The van der Waals surface area contributed by atoms with Crippen molar-refractivity contribution in [2.24, 2.45) is 0 Å². The smallest absolute Gasteiger partial charge is 0.337 e. The van der Waals surface area contributed by atoms with Gasteiger partial charge in [0.05, 0.1) is 18.7 Å². The van der Waals surface area contributed by atoms with Crippen molar-refractivity contribution in [3.8, 4) is 6.07 Å². The molecule has 0 aromatic heterocycles. The van der Waals surface area contributed by atoms with Crippen LogP contribution in [0, 0.1) is 11.3 Å². The first-order valence-electron chi connectivity index (χ1n) is 4.52. The number of anilines is 1. The van der Waals surface area contributed by atoms with Crippen LogP contribution in [0.3, 0.4) is 0 Å². The number of hydrogen-bond acceptors (Lipinski definition) is 4. The highest BCUT2D eigenvalue weighted by molar-refractivity contribution is 5.90. The Bertz CT molecular complexity index is 408. The van der Waals surface area contributed by atoms with E-state index in [0.717, 1.165) is 5.56 Å². The number of nitrogen functional groups attached to an aromatic ring is 1. The van der Waals surface area contributed by atoms with E-state index in [1.54, 1.807) is 18.2 Å². The zero-order chi connectivity index (χ0) is 11.3. The number of benzene rings is 1. The Morgan fingerprint density at radius 2 is 2.33 bits per heavy atom. The fourth-order valence-corrected chi connectivity index (χ4v) is 1.26. The zero-order valence-corrected chi connectivity index (χ0v) is 8.49. The van der Waals surface area contributed by atoms with E-state index in [2.05, 4.69) is 4.74 Å². The van der Waals surface area contributed by atoms with E-state index in [-0.39, 0.29) is 0 Å². The van der Waals surface area contributed by atoms with Crippen molar-refractivity contribution in [2.45, 2.75) is 12.8 Å². The van der Waals surface area contributed by atoms with Gasteiger partial charge in [0.2, 0.25) is 0 Å². The topological polar surface area (TPSA) is 76.1 Å². The molecule has 0 amide bonds. The standard InChI is InChI=1S/C11H12N2O2/c1-15-11(14)9-5-4-8(3-2-6-12)10(13)7-9/h4-5,7H,2-3,13H2,1H3. The molecule has 0 saturated heterocycles. The molecule has 1 aromatic carbocycles. The molecule has 1 aromatic rings. The summed E-state index contributed by atoms with van der Waals surface area (Å²) in [6.07, 6.45) is 1.02. The minimum atomic E-state index is -0.409. The number of ether oxygens (including phenoxy) is 1. The van der Waals surface area contributed by atoms with E-state index in [1.165, 1.54) is 7.11 Å². The quantitative estimate of drug-likeness (QED) is 0.598. The first-order valence-corrected chi connectivity index (χ1v) is 4.52. The van der Waals surface area contributed by atoms with Crippen LogP contribution in [0.15, 0.2) is 18.2 Å². The Hall–Kier alpha value is -2.02. The Kier molecular flexibility index (Phi) is 3.69. The van der Waals surface area contributed by atoms with Crippen molar-refractivity contribution in [1.29, 1.82) is 5.26 Å². The highest BCUT2D eigenvalue weighted by Crippen LogP contribution is 2.16. The average molecular weight is 204 g/mol. The average Bonchev–Trinajstić information content (AvgIpc) is 2.26. The number of rotatable bonds is 3. The normalized spacial score (nSPS) is 9.33. The van der Waals surface area contributed by atoms with Crippen LogP contribution in [-0.4, -0.2) is 13.1 Å². The van der Waals surface area contributed by atoms with Gasteiger partial charge in [0.15, 0.2) is 0 Å². The molecule has 78 valence electrons. The molecular weight excluding hydrogens is 192 g/mol. The molecule has 0 bridgehead atoms.